The highest BCUT2D eigenvalue weighted by Gasteiger charge is 2.35. The van der Waals surface area contributed by atoms with E-state index in [1.807, 2.05) is 34.0 Å². The zero-order valence-electron chi connectivity index (χ0n) is 10.8. The van der Waals surface area contributed by atoms with Gasteiger partial charge in [-0.2, -0.15) is 0 Å². The highest BCUT2D eigenvalue weighted by Crippen LogP contribution is 2.36. The number of aromatic nitrogens is 1. The summed E-state index contributed by atoms with van der Waals surface area (Å²) in [7, 11) is 0. The Morgan fingerprint density at radius 3 is 2.68 bits per heavy atom. The molecule has 0 atom stereocenters. The second-order valence-electron chi connectivity index (χ2n) is 5.17. The lowest BCUT2D eigenvalue weighted by Gasteiger charge is -2.38. The van der Waals surface area contributed by atoms with Crippen LogP contribution in [-0.4, -0.2) is 28.9 Å². The van der Waals surface area contributed by atoms with Crippen molar-refractivity contribution < 1.29 is 4.79 Å². The summed E-state index contributed by atoms with van der Waals surface area (Å²) in [6, 6.07) is 3.84. The number of amides is 1. The van der Waals surface area contributed by atoms with Crippen molar-refractivity contribution in [2.24, 2.45) is 0 Å². The van der Waals surface area contributed by atoms with E-state index in [2.05, 4.69) is 11.9 Å². The van der Waals surface area contributed by atoms with Gasteiger partial charge >= 0.3 is 0 Å². The fourth-order valence-corrected chi connectivity index (χ4v) is 4.05. The highest BCUT2D eigenvalue weighted by molar-refractivity contribution is 7.12. The molecule has 0 aliphatic carbocycles. The minimum atomic E-state index is 0.139. The third-order valence-electron chi connectivity index (χ3n) is 3.83. The van der Waals surface area contributed by atoms with Gasteiger partial charge in [-0.05, 0) is 24.3 Å². The van der Waals surface area contributed by atoms with E-state index in [9.17, 15) is 4.79 Å². The first-order chi connectivity index (χ1) is 9.19. The molecule has 3 heterocycles. The van der Waals surface area contributed by atoms with Crippen LogP contribution in [0.25, 0.3) is 0 Å². The van der Waals surface area contributed by atoms with Gasteiger partial charge in [-0.1, -0.05) is 13.0 Å². The van der Waals surface area contributed by atoms with Gasteiger partial charge in [0.2, 0.25) is 0 Å². The number of thiazole rings is 1. The standard InChI is InChI=1S/C14H16N2OS2/c1-14(13-15-6-10-19-13)4-7-16(8-5-14)12(17)11-3-2-9-18-11/h2-3,6,9-10H,4-5,7-8H2,1H3. The van der Waals surface area contributed by atoms with Crippen LogP contribution in [0.4, 0.5) is 0 Å². The van der Waals surface area contributed by atoms with Crippen molar-refractivity contribution in [1.29, 1.82) is 0 Å². The van der Waals surface area contributed by atoms with Crippen LogP contribution in [0.3, 0.4) is 0 Å². The lowest BCUT2D eigenvalue weighted by Crippen LogP contribution is -2.43. The number of hydrogen-bond acceptors (Lipinski definition) is 4. The van der Waals surface area contributed by atoms with Crippen LogP contribution in [0.2, 0.25) is 0 Å². The van der Waals surface area contributed by atoms with Crippen molar-refractivity contribution in [1.82, 2.24) is 9.88 Å². The Morgan fingerprint density at radius 1 is 1.32 bits per heavy atom. The fraction of sp³-hybridized carbons (Fsp3) is 0.429. The molecule has 0 bridgehead atoms. The minimum absolute atomic E-state index is 0.139. The predicted molar refractivity (Wildman–Crippen MR) is 78.9 cm³/mol. The second-order valence-corrected chi connectivity index (χ2v) is 7.01. The molecule has 0 aromatic carbocycles. The van der Waals surface area contributed by atoms with Crippen molar-refractivity contribution in [3.63, 3.8) is 0 Å². The number of rotatable bonds is 2. The quantitative estimate of drug-likeness (QED) is 0.850. The van der Waals surface area contributed by atoms with Crippen LogP contribution < -0.4 is 0 Å². The van der Waals surface area contributed by atoms with Crippen molar-refractivity contribution in [3.05, 3.63) is 39.0 Å². The SMILES string of the molecule is CC1(c2nccs2)CCN(C(=O)c2cccs2)CC1. The van der Waals surface area contributed by atoms with Gasteiger partial charge in [0.25, 0.3) is 5.91 Å². The van der Waals surface area contributed by atoms with Crippen molar-refractivity contribution in [3.8, 4) is 0 Å². The van der Waals surface area contributed by atoms with E-state index >= 15 is 0 Å². The number of piperidine rings is 1. The van der Waals surface area contributed by atoms with Crippen LogP contribution in [0.1, 0.15) is 34.4 Å². The van der Waals surface area contributed by atoms with Crippen molar-refractivity contribution >= 4 is 28.6 Å². The summed E-state index contributed by atoms with van der Waals surface area (Å²) in [5.41, 5.74) is 0.139. The molecule has 1 fully saturated rings. The highest BCUT2D eigenvalue weighted by atomic mass is 32.1. The molecule has 1 aliphatic heterocycles. The Hall–Kier alpha value is -1.20. The van der Waals surface area contributed by atoms with Crippen LogP contribution in [0.15, 0.2) is 29.1 Å². The van der Waals surface area contributed by atoms with Gasteiger partial charge in [-0.15, -0.1) is 22.7 Å². The van der Waals surface area contributed by atoms with E-state index in [-0.39, 0.29) is 11.3 Å². The summed E-state index contributed by atoms with van der Waals surface area (Å²) >= 11 is 3.24. The largest absolute Gasteiger partial charge is 0.338 e. The minimum Gasteiger partial charge on any atom is -0.338 e. The Balaban J connectivity index is 1.68. The van der Waals surface area contributed by atoms with Crippen LogP contribution in [-0.2, 0) is 5.41 Å². The smallest absolute Gasteiger partial charge is 0.263 e. The summed E-state index contributed by atoms with van der Waals surface area (Å²) in [5.74, 6) is 0.177. The molecule has 0 spiro atoms. The molecule has 3 rings (SSSR count). The van der Waals surface area contributed by atoms with Gasteiger partial charge in [0.05, 0.1) is 9.88 Å². The Kier molecular flexibility index (Phi) is 3.41. The van der Waals surface area contributed by atoms with Crippen LogP contribution >= 0.6 is 22.7 Å². The molecule has 0 N–H and O–H groups in total. The van der Waals surface area contributed by atoms with Crippen LogP contribution in [0, 0.1) is 0 Å². The number of nitrogens with zero attached hydrogens (tertiary/aromatic N) is 2. The summed E-state index contributed by atoms with van der Waals surface area (Å²) in [6.07, 6.45) is 3.86. The molecular formula is C14H16N2OS2. The van der Waals surface area contributed by atoms with E-state index in [1.54, 1.807) is 11.3 Å². The molecule has 0 radical (unpaired) electrons. The van der Waals surface area contributed by atoms with Gasteiger partial charge < -0.3 is 4.90 Å². The topological polar surface area (TPSA) is 33.2 Å². The van der Waals surface area contributed by atoms with E-state index in [0.29, 0.717) is 0 Å². The summed E-state index contributed by atoms with van der Waals surface area (Å²) in [6.45, 7) is 3.92. The maximum atomic E-state index is 12.3. The zero-order valence-corrected chi connectivity index (χ0v) is 12.5. The first-order valence-electron chi connectivity index (χ1n) is 6.42. The average molecular weight is 292 g/mol. The number of carbonyl (C=O) groups excluding carboxylic acids is 1. The van der Waals surface area contributed by atoms with Crippen LogP contribution in [0.5, 0.6) is 0 Å². The van der Waals surface area contributed by atoms with Gasteiger partial charge in [-0.3, -0.25) is 4.79 Å². The van der Waals surface area contributed by atoms with Gasteiger partial charge in [0, 0.05) is 30.1 Å². The van der Waals surface area contributed by atoms with E-state index in [0.717, 1.165) is 30.8 Å². The summed E-state index contributed by atoms with van der Waals surface area (Å²) < 4.78 is 0. The number of thiophene rings is 1. The third-order valence-corrected chi connectivity index (χ3v) is 5.77. The fourth-order valence-electron chi connectivity index (χ4n) is 2.49. The Labute approximate surface area is 120 Å². The van der Waals surface area contributed by atoms with Gasteiger partial charge in [-0.25, -0.2) is 4.98 Å². The monoisotopic (exact) mass is 292 g/mol. The molecule has 0 saturated carbocycles. The summed E-state index contributed by atoms with van der Waals surface area (Å²) in [4.78, 5) is 19.5. The molecule has 2 aromatic rings. The van der Waals surface area contributed by atoms with Crippen molar-refractivity contribution in [2.75, 3.05) is 13.1 Å². The number of likely N-dealkylation sites (tertiary alicyclic amines) is 1. The van der Waals surface area contributed by atoms with E-state index in [4.69, 9.17) is 0 Å². The lowest BCUT2D eigenvalue weighted by molar-refractivity contribution is 0.0681. The first kappa shape index (κ1) is 12.8. The number of hydrogen-bond donors (Lipinski definition) is 0. The molecular weight excluding hydrogens is 276 g/mol. The molecule has 19 heavy (non-hydrogen) atoms. The van der Waals surface area contributed by atoms with E-state index in [1.165, 1.54) is 16.3 Å². The number of carbonyl (C=O) groups is 1. The molecule has 1 amide bonds. The molecule has 5 heteroatoms. The average Bonchev–Trinajstić information content (AvgIpc) is 3.12. The maximum Gasteiger partial charge on any atom is 0.263 e. The Morgan fingerprint density at radius 2 is 2.11 bits per heavy atom. The zero-order chi connectivity index (χ0) is 13.3. The molecule has 1 saturated heterocycles. The predicted octanol–water partition coefficient (Wildman–Crippen LogP) is 3.40. The molecule has 2 aromatic heterocycles. The molecule has 100 valence electrons. The first-order valence-corrected chi connectivity index (χ1v) is 8.18. The normalized spacial score (nSPS) is 18.5. The van der Waals surface area contributed by atoms with Gasteiger partial charge in [0.1, 0.15) is 0 Å². The molecule has 1 aliphatic rings. The Bertz CT molecular complexity index is 540. The van der Waals surface area contributed by atoms with E-state index < -0.39 is 0 Å². The molecule has 3 nitrogen and oxygen atoms in total. The lowest BCUT2D eigenvalue weighted by atomic mass is 9.81. The van der Waals surface area contributed by atoms with Crippen molar-refractivity contribution in [2.45, 2.75) is 25.2 Å². The third kappa shape index (κ3) is 2.44. The van der Waals surface area contributed by atoms with Gasteiger partial charge in [0.15, 0.2) is 0 Å². The summed E-state index contributed by atoms with van der Waals surface area (Å²) in [5, 5.41) is 5.19. The second kappa shape index (κ2) is 5.06. The molecule has 0 unspecified atom stereocenters. The maximum absolute atomic E-state index is 12.3.